The number of fused-ring (bicyclic) bond motifs is 3. The van der Waals surface area contributed by atoms with Crippen molar-refractivity contribution < 1.29 is 4.74 Å². The van der Waals surface area contributed by atoms with Crippen LogP contribution in [0.4, 0.5) is 0 Å². The van der Waals surface area contributed by atoms with Gasteiger partial charge in [0, 0.05) is 84.6 Å². The summed E-state index contributed by atoms with van der Waals surface area (Å²) in [6.45, 7) is 17.7. The zero-order chi connectivity index (χ0) is 17.8. The Balaban J connectivity index is 1.27. The van der Waals surface area contributed by atoms with E-state index in [2.05, 4.69) is 31.8 Å². The van der Waals surface area contributed by atoms with Gasteiger partial charge < -0.3 is 15.0 Å². The van der Waals surface area contributed by atoms with Crippen molar-refractivity contribution in [3.8, 4) is 0 Å². The lowest BCUT2D eigenvalue weighted by molar-refractivity contribution is 0.0173. The summed E-state index contributed by atoms with van der Waals surface area (Å²) in [6.07, 6.45) is 1.24. The average Bonchev–Trinajstić information content (AvgIpc) is 3.20. The molecule has 5 heterocycles. The largest absolute Gasteiger partial charge is 0.381 e. The van der Waals surface area contributed by atoms with E-state index in [9.17, 15) is 0 Å². The molecule has 0 aromatic heterocycles. The molecule has 148 valence electrons. The zero-order valence-electron chi connectivity index (χ0n) is 16.4. The van der Waals surface area contributed by atoms with E-state index in [0.717, 1.165) is 64.4 Å². The molecule has 5 fully saturated rings. The highest BCUT2D eigenvalue weighted by molar-refractivity contribution is 5.80. The van der Waals surface area contributed by atoms with E-state index in [1.807, 2.05) is 0 Å². The van der Waals surface area contributed by atoms with Gasteiger partial charge in [-0.1, -0.05) is 0 Å². The van der Waals surface area contributed by atoms with E-state index >= 15 is 0 Å². The maximum Gasteiger partial charge on any atom is 0.194 e. The Labute approximate surface area is 158 Å². The highest BCUT2D eigenvalue weighted by atomic mass is 16.5. The number of rotatable bonds is 5. The van der Waals surface area contributed by atoms with Crippen molar-refractivity contribution in [1.29, 1.82) is 0 Å². The zero-order valence-corrected chi connectivity index (χ0v) is 16.4. The van der Waals surface area contributed by atoms with E-state index in [1.54, 1.807) is 0 Å². The molecule has 5 aliphatic rings. The third-order valence-corrected chi connectivity index (χ3v) is 6.39. The summed E-state index contributed by atoms with van der Waals surface area (Å²) in [6, 6.07) is 0.606. The summed E-state index contributed by atoms with van der Waals surface area (Å²) in [5.41, 5.74) is 0. The summed E-state index contributed by atoms with van der Waals surface area (Å²) in [5, 5.41) is 3.53. The molecule has 0 aromatic carbocycles. The third kappa shape index (κ3) is 4.50. The lowest BCUT2D eigenvalue weighted by atomic mass is 10.1. The Bertz CT molecular complexity index is 465. The molecule has 2 atom stereocenters. The number of hydrogen-bond donors (Lipinski definition) is 1. The maximum atomic E-state index is 5.53. The van der Waals surface area contributed by atoms with Gasteiger partial charge in [-0.3, -0.25) is 19.7 Å². The number of nitrogens with zero attached hydrogens (tertiary/aromatic N) is 5. The fourth-order valence-electron chi connectivity index (χ4n) is 4.75. The van der Waals surface area contributed by atoms with Gasteiger partial charge in [0.25, 0.3) is 0 Å². The molecule has 0 aliphatic carbocycles. The minimum atomic E-state index is 0.606. The Hall–Kier alpha value is -0.890. The summed E-state index contributed by atoms with van der Waals surface area (Å²) in [4.78, 5) is 15.3. The van der Waals surface area contributed by atoms with Crippen LogP contribution in [0.2, 0.25) is 0 Å². The molecule has 5 aliphatic heterocycles. The first kappa shape index (κ1) is 18.5. The van der Waals surface area contributed by atoms with Crippen molar-refractivity contribution in [3.63, 3.8) is 0 Å². The quantitative estimate of drug-likeness (QED) is 0.529. The number of aliphatic imine (C=N–C) groups is 1. The maximum absolute atomic E-state index is 5.53. The predicted octanol–water partition coefficient (Wildman–Crippen LogP) is -0.394. The van der Waals surface area contributed by atoms with E-state index in [4.69, 9.17) is 9.73 Å². The molecule has 0 aromatic rings. The van der Waals surface area contributed by atoms with Crippen LogP contribution in [0.25, 0.3) is 0 Å². The molecule has 0 saturated carbocycles. The van der Waals surface area contributed by atoms with Crippen molar-refractivity contribution >= 4 is 5.96 Å². The minimum absolute atomic E-state index is 0.606. The van der Waals surface area contributed by atoms with Crippen molar-refractivity contribution in [3.05, 3.63) is 0 Å². The fourth-order valence-corrected chi connectivity index (χ4v) is 4.75. The van der Waals surface area contributed by atoms with Gasteiger partial charge in [0.1, 0.15) is 0 Å². The molecule has 2 unspecified atom stereocenters. The van der Waals surface area contributed by atoms with Gasteiger partial charge in [0.05, 0.1) is 13.2 Å². The summed E-state index contributed by atoms with van der Waals surface area (Å²) in [5.74, 6) is 1.86. The van der Waals surface area contributed by atoms with Crippen molar-refractivity contribution in [2.24, 2.45) is 10.9 Å². The Morgan fingerprint density at radius 2 is 1.88 bits per heavy atom. The number of nitrogens with one attached hydrogen (secondary N) is 1. The molecular weight excluding hydrogens is 328 g/mol. The molecular formula is C19H36N6O. The van der Waals surface area contributed by atoms with Crippen molar-refractivity contribution in [2.75, 3.05) is 91.8 Å². The molecule has 7 heteroatoms. The summed E-state index contributed by atoms with van der Waals surface area (Å²) < 4.78 is 5.53. The Morgan fingerprint density at radius 3 is 2.50 bits per heavy atom. The van der Waals surface area contributed by atoms with Gasteiger partial charge in [-0.05, 0) is 19.3 Å². The lowest BCUT2D eigenvalue weighted by Crippen LogP contribution is -2.62. The first-order valence-corrected chi connectivity index (χ1v) is 10.6. The van der Waals surface area contributed by atoms with Crippen LogP contribution in [0.3, 0.4) is 0 Å². The number of piperazine rings is 4. The van der Waals surface area contributed by atoms with E-state index in [-0.39, 0.29) is 0 Å². The molecule has 2 bridgehead atoms. The van der Waals surface area contributed by atoms with Gasteiger partial charge in [-0.2, -0.15) is 0 Å². The lowest BCUT2D eigenvalue weighted by Gasteiger charge is -2.47. The van der Waals surface area contributed by atoms with Crippen LogP contribution >= 0.6 is 0 Å². The third-order valence-electron chi connectivity index (χ3n) is 6.39. The second-order valence-corrected chi connectivity index (χ2v) is 8.20. The molecule has 0 radical (unpaired) electrons. The van der Waals surface area contributed by atoms with Crippen molar-refractivity contribution in [1.82, 2.24) is 24.9 Å². The Kier molecular flexibility index (Phi) is 6.30. The van der Waals surface area contributed by atoms with E-state index in [1.165, 1.54) is 45.7 Å². The second-order valence-electron chi connectivity index (χ2n) is 8.20. The molecule has 5 rings (SSSR count). The van der Waals surface area contributed by atoms with Gasteiger partial charge in [-0.15, -0.1) is 0 Å². The minimum Gasteiger partial charge on any atom is -0.381 e. The predicted molar refractivity (Wildman–Crippen MR) is 105 cm³/mol. The van der Waals surface area contributed by atoms with Crippen molar-refractivity contribution in [2.45, 2.75) is 19.4 Å². The molecule has 0 amide bonds. The van der Waals surface area contributed by atoms with E-state index < -0.39 is 0 Å². The standard InChI is InChI=1S/C19H36N6O/c1-2-20-19(21-13-18-15-23-4-8-24(18)9-5-23)25-10-6-22(7-11-25)14-17-3-12-26-16-17/h17-18H,2-16H2,1H3,(H,20,21). The summed E-state index contributed by atoms with van der Waals surface area (Å²) >= 11 is 0. The fraction of sp³-hybridized carbons (Fsp3) is 0.947. The van der Waals surface area contributed by atoms with Crippen LogP contribution in [0.15, 0.2) is 4.99 Å². The SMILES string of the molecule is CCNC(=NCC1CN2CCN1CC2)N1CCN(CC2CCOC2)CC1. The topological polar surface area (TPSA) is 46.6 Å². The molecule has 0 spiro atoms. The van der Waals surface area contributed by atoms with Gasteiger partial charge in [0.15, 0.2) is 5.96 Å². The van der Waals surface area contributed by atoms with Crippen LogP contribution in [0, 0.1) is 5.92 Å². The van der Waals surface area contributed by atoms with Crippen LogP contribution in [0.1, 0.15) is 13.3 Å². The van der Waals surface area contributed by atoms with E-state index in [0.29, 0.717) is 6.04 Å². The average molecular weight is 365 g/mol. The summed E-state index contributed by atoms with van der Waals surface area (Å²) in [7, 11) is 0. The number of hydrogen-bond acceptors (Lipinski definition) is 5. The Morgan fingerprint density at radius 1 is 1.08 bits per heavy atom. The number of ether oxygens (including phenoxy) is 1. The first-order chi connectivity index (χ1) is 12.8. The monoisotopic (exact) mass is 364 g/mol. The smallest absolute Gasteiger partial charge is 0.194 e. The van der Waals surface area contributed by atoms with Crippen LogP contribution < -0.4 is 5.32 Å². The van der Waals surface area contributed by atoms with Crippen LogP contribution in [0.5, 0.6) is 0 Å². The number of guanidine groups is 1. The van der Waals surface area contributed by atoms with Crippen LogP contribution in [-0.4, -0.2) is 123 Å². The highest BCUT2D eigenvalue weighted by Crippen LogP contribution is 2.17. The highest BCUT2D eigenvalue weighted by Gasteiger charge is 2.32. The second kappa shape index (κ2) is 8.87. The molecule has 5 saturated heterocycles. The van der Waals surface area contributed by atoms with Gasteiger partial charge in [-0.25, -0.2) is 0 Å². The van der Waals surface area contributed by atoms with Crippen LogP contribution in [-0.2, 0) is 4.74 Å². The molecule has 26 heavy (non-hydrogen) atoms. The van der Waals surface area contributed by atoms with Gasteiger partial charge in [0.2, 0.25) is 0 Å². The first-order valence-electron chi connectivity index (χ1n) is 10.6. The van der Waals surface area contributed by atoms with Gasteiger partial charge >= 0.3 is 0 Å². The molecule has 1 N–H and O–H groups in total. The molecule has 7 nitrogen and oxygen atoms in total. The normalized spacial score (nSPS) is 35.9.